The third-order valence-corrected chi connectivity index (χ3v) is 4.60. The number of carbonyl (C=O) groups is 3. The van der Waals surface area contributed by atoms with Crippen molar-refractivity contribution in [1.82, 2.24) is 15.5 Å². The predicted octanol–water partition coefficient (Wildman–Crippen LogP) is 2.04. The first-order chi connectivity index (χ1) is 14.5. The third kappa shape index (κ3) is 10.9. The number of hydrogen-bond donors (Lipinski definition) is 3. The average molecular weight is 445 g/mol. The number of benzene rings is 1. The highest BCUT2D eigenvalue weighted by Gasteiger charge is 2.38. The Morgan fingerprint density at radius 1 is 1.10 bits per heavy atom. The van der Waals surface area contributed by atoms with Crippen LogP contribution in [-0.4, -0.2) is 74.1 Å². The number of aliphatic carboxylic acids is 1. The van der Waals surface area contributed by atoms with Gasteiger partial charge in [0.15, 0.2) is 5.78 Å². The number of alkyl halides is 3. The minimum Gasteiger partial charge on any atom is -0.475 e. The van der Waals surface area contributed by atoms with E-state index in [1.807, 2.05) is 26.2 Å². The topological polar surface area (TPSA) is 98.7 Å². The fourth-order valence-corrected chi connectivity index (χ4v) is 2.93. The summed E-state index contributed by atoms with van der Waals surface area (Å²) in [6.45, 7) is 3.56. The van der Waals surface area contributed by atoms with E-state index in [-0.39, 0.29) is 24.5 Å². The number of fused-ring (bicyclic) bond motifs is 1. The number of carboxylic acid groups (broad SMARTS) is 1. The first kappa shape index (κ1) is 26.6. The van der Waals surface area contributed by atoms with E-state index in [0.29, 0.717) is 6.54 Å². The van der Waals surface area contributed by atoms with Crippen molar-refractivity contribution in [1.29, 1.82) is 0 Å². The summed E-state index contributed by atoms with van der Waals surface area (Å²) in [7, 11) is 4.02. The minimum absolute atomic E-state index is 0.0407. The van der Waals surface area contributed by atoms with Gasteiger partial charge in [0.25, 0.3) is 0 Å². The normalized spacial score (nSPS) is 13.5. The molecule has 1 aliphatic rings. The molecule has 7 nitrogen and oxygen atoms in total. The molecular formula is C21H30F3N3O4. The van der Waals surface area contributed by atoms with Crippen molar-refractivity contribution in [3.05, 3.63) is 34.9 Å². The summed E-state index contributed by atoms with van der Waals surface area (Å²) in [6, 6.07) is 5.98. The summed E-state index contributed by atoms with van der Waals surface area (Å²) in [4.78, 5) is 35.1. The van der Waals surface area contributed by atoms with Crippen molar-refractivity contribution >= 4 is 17.7 Å². The standard InChI is InChI=1S/C19H29N3O2.C2HF3O2/c1-22(2)13-3-10-21-19(24)7-6-18(23)17-5-4-15-8-11-20-12-9-16(15)14-17;3-2(4,5)1(6)7/h4-5,14,20H,3,6-13H2,1-2H3,(H,21,24);(H,6,7). The molecule has 1 heterocycles. The van der Waals surface area contributed by atoms with E-state index in [1.165, 1.54) is 11.1 Å². The van der Waals surface area contributed by atoms with Gasteiger partial charge in [-0.05, 0) is 70.2 Å². The van der Waals surface area contributed by atoms with Gasteiger partial charge in [-0.1, -0.05) is 12.1 Å². The van der Waals surface area contributed by atoms with Gasteiger partial charge < -0.3 is 20.6 Å². The molecule has 1 amide bonds. The first-order valence-corrected chi connectivity index (χ1v) is 10.1. The molecule has 0 saturated heterocycles. The molecule has 1 aromatic carbocycles. The van der Waals surface area contributed by atoms with Crippen LogP contribution in [0, 0.1) is 0 Å². The van der Waals surface area contributed by atoms with Crippen molar-refractivity contribution < 1.29 is 32.7 Å². The molecule has 3 N–H and O–H groups in total. The highest BCUT2D eigenvalue weighted by molar-refractivity contribution is 5.98. The number of Topliss-reactive ketones (excluding diaryl/α,β-unsaturated/α-hetero) is 1. The highest BCUT2D eigenvalue weighted by Crippen LogP contribution is 2.17. The van der Waals surface area contributed by atoms with Crippen molar-refractivity contribution in [2.45, 2.75) is 38.3 Å². The van der Waals surface area contributed by atoms with Crippen LogP contribution >= 0.6 is 0 Å². The maximum absolute atomic E-state index is 12.3. The molecule has 0 aliphatic carbocycles. The second-order valence-corrected chi connectivity index (χ2v) is 7.47. The lowest BCUT2D eigenvalue weighted by Crippen LogP contribution is -2.27. The summed E-state index contributed by atoms with van der Waals surface area (Å²) in [5.74, 6) is -2.74. The number of halogens is 3. The van der Waals surface area contributed by atoms with Crippen LogP contribution in [-0.2, 0) is 22.4 Å². The molecule has 0 saturated carbocycles. The van der Waals surface area contributed by atoms with E-state index >= 15 is 0 Å². The first-order valence-electron chi connectivity index (χ1n) is 10.1. The van der Waals surface area contributed by atoms with E-state index in [9.17, 15) is 22.8 Å². The van der Waals surface area contributed by atoms with Gasteiger partial charge in [-0.25, -0.2) is 4.79 Å². The van der Waals surface area contributed by atoms with Crippen LogP contribution < -0.4 is 10.6 Å². The predicted molar refractivity (Wildman–Crippen MR) is 110 cm³/mol. The number of hydrogen-bond acceptors (Lipinski definition) is 5. The Labute approximate surface area is 180 Å². The molecule has 1 aliphatic heterocycles. The number of rotatable bonds is 8. The number of amides is 1. The zero-order valence-corrected chi connectivity index (χ0v) is 17.8. The second kappa shape index (κ2) is 13.1. The Kier molecular flexibility index (Phi) is 11.2. The molecule has 0 atom stereocenters. The molecule has 10 heteroatoms. The number of nitrogens with one attached hydrogen (secondary N) is 2. The molecule has 0 radical (unpaired) electrons. The van der Waals surface area contributed by atoms with Crippen LogP contribution in [0.1, 0.15) is 40.7 Å². The number of ketones is 1. The van der Waals surface area contributed by atoms with Crippen LogP contribution in [0.4, 0.5) is 13.2 Å². The van der Waals surface area contributed by atoms with Crippen molar-refractivity contribution in [3.63, 3.8) is 0 Å². The van der Waals surface area contributed by atoms with Gasteiger partial charge in [0.2, 0.25) is 5.91 Å². The van der Waals surface area contributed by atoms with E-state index in [1.54, 1.807) is 0 Å². The zero-order chi connectivity index (χ0) is 23.4. The number of nitrogens with zero attached hydrogens (tertiary/aromatic N) is 1. The lowest BCUT2D eigenvalue weighted by Gasteiger charge is -2.10. The van der Waals surface area contributed by atoms with Gasteiger partial charge in [0.05, 0.1) is 0 Å². The monoisotopic (exact) mass is 445 g/mol. The van der Waals surface area contributed by atoms with Gasteiger partial charge in [0, 0.05) is 24.9 Å². The molecule has 0 bridgehead atoms. The van der Waals surface area contributed by atoms with E-state index in [0.717, 1.165) is 44.5 Å². The van der Waals surface area contributed by atoms with Crippen LogP contribution in [0.3, 0.4) is 0 Å². The van der Waals surface area contributed by atoms with Gasteiger partial charge >= 0.3 is 12.1 Å². The van der Waals surface area contributed by atoms with Crippen LogP contribution in [0.15, 0.2) is 18.2 Å². The Hall–Kier alpha value is -2.46. The maximum Gasteiger partial charge on any atom is 0.490 e. The summed E-state index contributed by atoms with van der Waals surface area (Å²) >= 11 is 0. The van der Waals surface area contributed by atoms with Gasteiger partial charge in [0.1, 0.15) is 0 Å². The Morgan fingerprint density at radius 3 is 2.29 bits per heavy atom. The molecule has 2 rings (SSSR count). The number of carbonyl (C=O) groups excluding carboxylic acids is 2. The third-order valence-electron chi connectivity index (χ3n) is 4.60. The Balaban J connectivity index is 0.000000592. The molecule has 0 fully saturated rings. The van der Waals surface area contributed by atoms with Gasteiger partial charge in [-0.15, -0.1) is 0 Å². The molecular weight excluding hydrogens is 415 g/mol. The molecule has 31 heavy (non-hydrogen) atoms. The van der Waals surface area contributed by atoms with E-state index < -0.39 is 12.1 Å². The fraction of sp³-hybridized carbons (Fsp3) is 0.571. The lowest BCUT2D eigenvalue weighted by atomic mass is 9.97. The summed E-state index contributed by atoms with van der Waals surface area (Å²) in [6.07, 6.45) is -1.65. The van der Waals surface area contributed by atoms with Crippen LogP contribution in [0.5, 0.6) is 0 Å². The van der Waals surface area contributed by atoms with Crippen molar-refractivity contribution in [2.24, 2.45) is 0 Å². The fourth-order valence-electron chi connectivity index (χ4n) is 2.93. The van der Waals surface area contributed by atoms with E-state index in [2.05, 4.69) is 21.6 Å². The quantitative estimate of drug-likeness (QED) is 0.419. The van der Waals surface area contributed by atoms with Gasteiger partial charge in [-0.2, -0.15) is 13.2 Å². The summed E-state index contributed by atoms with van der Waals surface area (Å²) < 4.78 is 31.7. The smallest absolute Gasteiger partial charge is 0.475 e. The Morgan fingerprint density at radius 2 is 1.71 bits per heavy atom. The van der Waals surface area contributed by atoms with Crippen molar-refractivity contribution in [2.75, 3.05) is 40.3 Å². The summed E-state index contributed by atoms with van der Waals surface area (Å²) in [5.41, 5.74) is 3.32. The second-order valence-electron chi connectivity index (χ2n) is 7.47. The zero-order valence-electron chi connectivity index (χ0n) is 17.8. The van der Waals surface area contributed by atoms with Crippen LogP contribution in [0.2, 0.25) is 0 Å². The minimum atomic E-state index is -5.08. The maximum atomic E-state index is 12.3. The van der Waals surface area contributed by atoms with Gasteiger partial charge in [-0.3, -0.25) is 9.59 Å². The molecule has 0 spiro atoms. The van der Waals surface area contributed by atoms with Crippen LogP contribution in [0.25, 0.3) is 0 Å². The number of carboxylic acids is 1. The molecule has 174 valence electrons. The van der Waals surface area contributed by atoms with Crippen molar-refractivity contribution in [3.8, 4) is 0 Å². The van der Waals surface area contributed by atoms with E-state index in [4.69, 9.17) is 9.90 Å². The molecule has 1 aromatic rings. The average Bonchev–Trinajstić information content (AvgIpc) is 2.93. The molecule has 0 aromatic heterocycles. The highest BCUT2D eigenvalue weighted by atomic mass is 19.4. The summed E-state index contributed by atoms with van der Waals surface area (Å²) in [5, 5.41) is 13.4. The lowest BCUT2D eigenvalue weighted by molar-refractivity contribution is -0.192. The Bertz CT molecular complexity index is 752. The SMILES string of the molecule is CN(C)CCCNC(=O)CCC(=O)c1ccc2c(c1)CCNCC2.O=C(O)C(F)(F)F. The molecule has 0 unspecified atom stereocenters. The largest absolute Gasteiger partial charge is 0.490 e.